The molecule has 0 radical (unpaired) electrons. The van der Waals surface area contributed by atoms with Crippen molar-refractivity contribution in [3.63, 3.8) is 0 Å². The first-order chi connectivity index (χ1) is 7.16. The van der Waals surface area contributed by atoms with Gasteiger partial charge >= 0.3 is 0 Å². The van der Waals surface area contributed by atoms with Gasteiger partial charge in [0.25, 0.3) is 0 Å². The molecule has 0 amide bonds. The van der Waals surface area contributed by atoms with E-state index in [0.29, 0.717) is 18.0 Å². The first kappa shape index (κ1) is 10.6. The number of hydrogen-bond donors (Lipinski definition) is 1. The highest BCUT2D eigenvalue weighted by atomic mass is 19.1. The highest BCUT2D eigenvalue weighted by Crippen LogP contribution is 2.29. The highest BCUT2D eigenvalue weighted by Gasteiger charge is 2.26. The molecule has 1 aliphatic rings. The van der Waals surface area contributed by atoms with Crippen LogP contribution in [0.25, 0.3) is 0 Å². The van der Waals surface area contributed by atoms with Crippen molar-refractivity contribution < 1.29 is 4.39 Å². The molecule has 1 heterocycles. The van der Waals surface area contributed by atoms with Crippen molar-refractivity contribution in [1.82, 2.24) is 5.32 Å². The number of halogens is 1. The summed E-state index contributed by atoms with van der Waals surface area (Å²) >= 11 is 0. The monoisotopic (exact) mass is 207 g/mol. The van der Waals surface area contributed by atoms with Crippen molar-refractivity contribution in [1.29, 1.82) is 0 Å². The number of rotatable bonds is 2. The van der Waals surface area contributed by atoms with Crippen molar-refractivity contribution in [3.05, 3.63) is 35.6 Å². The number of benzene rings is 1. The third kappa shape index (κ3) is 2.37. The lowest BCUT2D eigenvalue weighted by molar-refractivity contribution is 0.432. The largest absolute Gasteiger partial charge is 0.307 e. The lowest BCUT2D eigenvalue weighted by Gasteiger charge is -2.17. The normalized spacial score (nSPS) is 26.1. The van der Waals surface area contributed by atoms with Crippen LogP contribution in [0.1, 0.15) is 38.3 Å². The molecule has 1 aliphatic heterocycles. The Morgan fingerprint density at radius 2 is 1.87 bits per heavy atom. The minimum absolute atomic E-state index is 0.155. The fourth-order valence-electron chi connectivity index (χ4n) is 2.26. The SMILES string of the molecule is CC(C)C1CCC(c2ccc(F)cc2)N1. The summed E-state index contributed by atoms with van der Waals surface area (Å²) in [5.41, 5.74) is 1.21. The van der Waals surface area contributed by atoms with E-state index in [1.807, 2.05) is 12.1 Å². The summed E-state index contributed by atoms with van der Waals surface area (Å²) in [6, 6.07) is 7.88. The van der Waals surface area contributed by atoms with Gasteiger partial charge in [-0.25, -0.2) is 4.39 Å². The Kier molecular flexibility index (Phi) is 3.06. The Bertz CT molecular complexity index is 318. The Hall–Kier alpha value is -0.890. The minimum Gasteiger partial charge on any atom is -0.307 e. The average molecular weight is 207 g/mol. The second-order valence-corrected chi connectivity index (χ2v) is 4.70. The van der Waals surface area contributed by atoms with Crippen molar-refractivity contribution in [2.75, 3.05) is 0 Å². The molecule has 82 valence electrons. The maximum absolute atomic E-state index is 12.8. The van der Waals surface area contributed by atoms with E-state index in [1.54, 1.807) is 12.1 Å². The molecule has 0 aromatic heterocycles. The van der Waals surface area contributed by atoms with Crippen LogP contribution in [-0.4, -0.2) is 6.04 Å². The van der Waals surface area contributed by atoms with Gasteiger partial charge in [-0.3, -0.25) is 0 Å². The molecule has 0 bridgehead atoms. The molecule has 0 saturated carbocycles. The molecule has 0 spiro atoms. The lowest BCUT2D eigenvalue weighted by Crippen LogP contribution is -2.28. The van der Waals surface area contributed by atoms with E-state index >= 15 is 0 Å². The smallest absolute Gasteiger partial charge is 0.123 e. The van der Waals surface area contributed by atoms with Gasteiger partial charge in [-0.15, -0.1) is 0 Å². The molecule has 0 aliphatic carbocycles. The van der Waals surface area contributed by atoms with Crippen LogP contribution in [-0.2, 0) is 0 Å². The van der Waals surface area contributed by atoms with Gasteiger partial charge in [-0.2, -0.15) is 0 Å². The molecular formula is C13H18FN. The van der Waals surface area contributed by atoms with Gasteiger partial charge in [-0.05, 0) is 36.5 Å². The van der Waals surface area contributed by atoms with E-state index in [2.05, 4.69) is 19.2 Å². The standard InChI is InChI=1S/C13H18FN/c1-9(2)12-7-8-13(15-12)10-3-5-11(14)6-4-10/h3-6,9,12-13,15H,7-8H2,1-2H3. The van der Waals surface area contributed by atoms with Crippen LogP contribution in [0.15, 0.2) is 24.3 Å². The Morgan fingerprint density at radius 3 is 2.40 bits per heavy atom. The third-order valence-electron chi connectivity index (χ3n) is 3.26. The molecule has 15 heavy (non-hydrogen) atoms. The molecule has 1 nitrogen and oxygen atoms in total. The maximum Gasteiger partial charge on any atom is 0.123 e. The second-order valence-electron chi connectivity index (χ2n) is 4.70. The molecule has 2 rings (SSSR count). The predicted molar refractivity (Wildman–Crippen MR) is 60.1 cm³/mol. The van der Waals surface area contributed by atoms with Crippen LogP contribution in [0.5, 0.6) is 0 Å². The van der Waals surface area contributed by atoms with E-state index in [0.717, 1.165) is 6.42 Å². The number of hydrogen-bond acceptors (Lipinski definition) is 1. The first-order valence-electron chi connectivity index (χ1n) is 5.68. The zero-order chi connectivity index (χ0) is 10.8. The van der Waals surface area contributed by atoms with Crippen LogP contribution in [0, 0.1) is 11.7 Å². The van der Waals surface area contributed by atoms with Crippen molar-refractivity contribution >= 4 is 0 Å². The van der Waals surface area contributed by atoms with Crippen molar-refractivity contribution in [2.24, 2.45) is 5.92 Å². The summed E-state index contributed by atoms with van der Waals surface area (Å²) < 4.78 is 12.8. The maximum atomic E-state index is 12.8. The fourth-order valence-corrected chi connectivity index (χ4v) is 2.26. The van der Waals surface area contributed by atoms with Crippen LogP contribution < -0.4 is 5.32 Å². The summed E-state index contributed by atoms with van der Waals surface area (Å²) in [7, 11) is 0. The fraction of sp³-hybridized carbons (Fsp3) is 0.538. The number of nitrogens with one attached hydrogen (secondary N) is 1. The van der Waals surface area contributed by atoms with Crippen LogP contribution >= 0.6 is 0 Å². The summed E-state index contributed by atoms with van der Waals surface area (Å²) in [6.45, 7) is 4.48. The van der Waals surface area contributed by atoms with E-state index < -0.39 is 0 Å². The van der Waals surface area contributed by atoms with Crippen LogP contribution in [0.4, 0.5) is 4.39 Å². The van der Waals surface area contributed by atoms with Gasteiger partial charge < -0.3 is 5.32 Å². The predicted octanol–water partition coefficient (Wildman–Crippen LogP) is 3.27. The Labute approximate surface area is 90.7 Å². The summed E-state index contributed by atoms with van der Waals surface area (Å²) in [5.74, 6) is 0.521. The van der Waals surface area contributed by atoms with Gasteiger partial charge in [0, 0.05) is 12.1 Å². The molecular weight excluding hydrogens is 189 g/mol. The van der Waals surface area contributed by atoms with Gasteiger partial charge in [0.2, 0.25) is 0 Å². The molecule has 1 saturated heterocycles. The van der Waals surface area contributed by atoms with E-state index in [4.69, 9.17) is 0 Å². The summed E-state index contributed by atoms with van der Waals surface area (Å²) in [4.78, 5) is 0. The van der Waals surface area contributed by atoms with E-state index in [1.165, 1.54) is 12.0 Å². The molecule has 2 unspecified atom stereocenters. The van der Waals surface area contributed by atoms with Gasteiger partial charge in [-0.1, -0.05) is 26.0 Å². The molecule has 2 atom stereocenters. The van der Waals surface area contributed by atoms with Gasteiger partial charge in [0.05, 0.1) is 0 Å². The van der Waals surface area contributed by atoms with Crippen LogP contribution in [0.3, 0.4) is 0 Å². The minimum atomic E-state index is -0.155. The third-order valence-corrected chi connectivity index (χ3v) is 3.26. The topological polar surface area (TPSA) is 12.0 Å². The Morgan fingerprint density at radius 1 is 1.20 bits per heavy atom. The van der Waals surface area contributed by atoms with Crippen LogP contribution in [0.2, 0.25) is 0 Å². The lowest BCUT2D eigenvalue weighted by atomic mass is 10.0. The van der Waals surface area contributed by atoms with Crippen molar-refractivity contribution in [3.8, 4) is 0 Å². The van der Waals surface area contributed by atoms with E-state index in [9.17, 15) is 4.39 Å². The molecule has 1 fully saturated rings. The summed E-state index contributed by atoms with van der Waals surface area (Å²) in [6.07, 6.45) is 2.38. The van der Waals surface area contributed by atoms with Gasteiger partial charge in [0.15, 0.2) is 0 Å². The van der Waals surface area contributed by atoms with E-state index in [-0.39, 0.29) is 5.82 Å². The summed E-state index contributed by atoms with van der Waals surface area (Å²) in [5, 5.41) is 3.60. The zero-order valence-corrected chi connectivity index (χ0v) is 9.33. The average Bonchev–Trinajstić information content (AvgIpc) is 2.68. The van der Waals surface area contributed by atoms with Gasteiger partial charge in [0.1, 0.15) is 5.82 Å². The highest BCUT2D eigenvalue weighted by molar-refractivity contribution is 5.21. The second kappa shape index (κ2) is 4.31. The molecule has 1 aromatic rings. The zero-order valence-electron chi connectivity index (χ0n) is 9.33. The van der Waals surface area contributed by atoms with Crippen molar-refractivity contribution in [2.45, 2.75) is 38.8 Å². The Balaban J connectivity index is 2.04. The molecule has 1 aromatic carbocycles. The molecule has 1 N–H and O–H groups in total. The molecule has 2 heteroatoms. The first-order valence-corrected chi connectivity index (χ1v) is 5.68. The quantitative estimate of drug-likeness (QED) is 0.784.